The van der Waals surface area contributed by atoms with Crippen LogP contribution in [-0.4, -0.2) is 68.8 Å². The third kappa shape index (κ3) is 7.00. The summed E-state index contributed by atoms with van der Waals surface area (Å²) in [7, 11) is 0. The minimum Gasteiger partial charge on any atom is -0.390 e. The molecule has 0 unspecified atom stereocenters. The lowest BCUT2D eigenvalue weighted by atomic mass is 9.78. The average molecular weight is 585 g/mol. The lowest BCUT2D eigenvalue weighted by Crippen LogP contribution is -2.51. The quantitative estimate of drug-likeness (QED) is 0.365. The molecular weight excluding hydrogens is 539 g/mol. The van der Waals surface area contributed by atoms with Crippen molar-refractivity contribution < 1.29 is 23.9 Å². The van der Waals surface area contributed by atoms with Crippen molar-refractivity contribution in [2.45, 2.75) is 96.4 Å². The number of hydrogen-bond donors (Lipinski definition) is 3. The van der Waals surface area contributed by atoms with Crippen LogP contribution in [0.3, 0.4) is 0 Å². The number of aryl methyl sites for hydroxylation is 1. The number of nitrogens with one attached hydrogen (secondary N) is 1. The van der Waals surface area contributed by atoms with Gasteiger partial charge < -0.3 is 21.1 Å². The van der Waals surface area contributed by atoms with Crippen molar-refractivity contribution >= 4 is 29.7 Å². The van der Waals surface area contributed by atoms with Crippen molar-refractivity contribution in [1.29, 1.82) is 0 Å². The molecule has 42 heavy (non-hydrogen) atoms. The summed E-state index contributed by atoms with van der Waals surface area (Å²) < 4.78 is 17.1. The molecule has 11 heteroatoms. The number of benzene rings is 1. The van der Waals surface area contributed by atoms with Gasteiger partial charge in [-0.15, -0.1) is 0 Å². The number of carbonyl (C=O) groups excluding carboxylic acids is 3. The number of aromatic nitrogens is 2. The Balaban J connectivity index is 1.51. The van der Waals surface area contributed by atoms with Gasteiger partial charge in [0.1, 0.15) is 17.7 Å². The van der Waals surface area contributed by atoms with Crippen molar-refractivity contribution in [2.24, 2.45) is 17.6 Å². The van der Waals surface area contributed by atoms with Gasteiger partial charge >= 0.3 is 0 Å². The molecule has 3 atom stereocenters. The summed E-state index contributed by atoms with van der Waals surface area (Å²) in [4.78, 5) is 42.3. The maximum absolute atomic E-state index is 15.4. The van der Waals surface area contributed by atoms with Gasteiger partial charge in [-0.1, -0.05) is 32.8 Å². The van der Waals surface area contributed by atoms with Crippen LogP contribution in [0.25, 0.3) is 0 Å². The Morgan fingerprint density at radius 3 is 2.50 bits per heavy atom. The summed E-state index contributed by atoms with van der Waals surface area (Å²) in [5.74, 6) is -0.836. The van der Waals surface area contributed by atoms with Crippen LogP contribution in [0.5, 0.6) is 0 Å². The third-order valence-electron chi connectivity index (χ3n) is 9.20. The van der Waals surface area contributed by atoms with Crippen LogP contribution in [0.2, 0.25) is 0 Å². The monoisotopic (exact) mass is 584 g/mol. The average Bonchev–Trinajstić information content (AvgIpc) is 3.45. The number of nitrogens with zero attached hydrogens (tertiary/aromatic N) is 4. The van der Waals surface area contributed by atoms with E-state index in [-0.39, 0.29) is 17.5 Å². The molecule has 2 aromatic rings. The molecule has 2 aliphatic rings. The Labute approximate surface area is 247 Å². The Hall–Kier alpha value is -3.31. The summed E-state index contributed by atoms with van der Waals surface area (Å²) in [6, 6.07) is 4.45. The van der Waals surface area contributed by atoms with Gasteiger partial charge in [-0.2, -0.15) is 5.10 Å². The normalized spacial score (nSPS) is 22.6. The van der Waals surface area contributed by atoms with E-state index in [0.29, 0.717) is 56.2 Å². The van der Waals surface area contributed by atoms with Crippen LogP contribution in [0.15, 0.2) is 30.5 Å². The molecule has 0 bridgehead atoms. The highest BCUT2D eigenvalue weighted by Crippen LogP contribution is 2.35. The molecule has 1 aromatic heterocycles. The predicted molar refractivity (Wildman–Crippen MR) is 159 cm³/mol. The first-order valence-electron chi connectivity index (χ1n) is 15.1. The molecule has 10 nitrogen and oxygen atoms in total. The highest BCUT2D eigenvalue weighted by Gasteiger charge is 2.38. The van der Waals surface area contributed by atoms with Crippen molar-refractivity contribution in [3.63, 3.8) is 0 Å². The van der Waals surface area contributed by atoms with Crippen molar-refractivity contribution in [3.8, 4) is 0 Å². The van der Waals surface area contributed by atoms with E-state index >= 15 is 4.39 Å². The Morgan fingerprint density at radius 2 is 1.90 bits per heavy atom. The zero-order valence-corrected chi connectivity index (χ0v) is 25.1. The second kappa shape index (κ2) is 13.3. The second-order valence-electron chi connectivity index (χ2n) is 12.3. The molecule has 3 amide bonds. The minimum absolute atomic E-state index is 0.00173. The predicted octanol–water partition coefficient (Wildman–Crippen LogP) is 3.64. The van der Waals surface area contributed by atoms with Gasteiger partial charge in [-0.25, -0.2) is 9.07 Å². The van der Waals surface area contributed by atoms with Crippen LogP contribution in [-0.2, 0) is 20.9 Å². The van der Waals surface area contributed by atoms with Crippen LogP contribution in [0, 0.1) is 17.7 Å². The fraction of sp³-hybridized carbons (Fsp3) is 0.613. The Morgan fingerprint density at radius 1 is 1.24 bits per heavy atom. The minimum atomic E-state index is -0.879. The van der Waals surface area contributed by atoms with Crippen LogP contribution in [0.4, 0.5) is 15.9 Å². The van der Waals surface area contributed by atoms with Gasteiger partial charge in [0, 0.05) is 31.6 Å². The number of halogens is 1. The maximum atomic E-state index is 15.4. The molecule has 1 saturated heterocycles. The van der Waals surface area contributed by atoms with Crippen LogP contribution >= 0.6 is 0 Å². The molecule has 1 aliphatic carbocycles. The number of amides is 3. The first kappa shape index (κ1) is 31.6. The van der Waals surface area contributed by atoms with Gasteiger partial charge in [-0.05, 0) is 69.1 Å². The van der Waals surface area contributed by atoms with Gasteiger partial charge in [0.25, 0.3) is 0 Å². The molecule has 0 radical (unpaired) electrons. The van der Waals surface area contributed by atoms with E-state index in [2.05, 4.69) is 17.3 Å². The summed E-state index contributed by atoms with van der Waals surface area (Å²) in [6.45, 7) is 8.99. The lowest BCUT2D eigenvalue weighted by molar-refractivity contribution is -0.136. The number of likely N-dealkylation sites (tertiary alicyclic amines) is 1. The van der Waals surface area contributed by atoms with Crippen molar-refractivity contribution in [2.75, 3.05) is 23.3 Å². The van der Waals surface area contributed by atoms with Gasteiger partial charge in [0.15, 0.2) is 0 Å². The Kier molecular flexibility index (Phi) is 10.0. The SMILES string of the molecule is CCn1nccc1N(C=O)[C@H](C(=O)Nc1ccc([C@H](C)[C@@H](N)C(=O)N2CCC(C)(O)CC2)cc1F)C1CCC(C)CC1. The molecule has 4 rings (SSSR count). The number of aliphatic hydroxyl groups is 1. The van der Waals surface area contributed by atoms with Gasteiger partial charge in [0.2, 0.25) is 18.2 Å². The maximum Gasteiger partial charge on any atom is 0.247 e. The van der Waals surface area contributed by atoms with E-state index in [9.17, 15) is 19.5 Å². The van der Waals surface area contributed by atoms with E-state index in [0.717, 1.165) is 25.7 Å². The molecule has 2 heterocycles. The fourth-order valence-corrected chi connectivity index (χ4v) is 6.18. The first-order valence-corrected chi connectivity index (χ1v) is 15.1. The standard InChI is InChI=1S/C31H45FN6O4/c1-5-38-26(12-15-34-38)37(19-39)28(22-8-6-20(2)7-9-22)29(40)35-25-11-10-23(18-24(25)32)21(3)27(33)30(41)36-16-13-31(4,42)14-17-36/h10-12,15,18-22,27-28,42H,5-9,13-14,16-17,33H2,1-4H3,(H,35,40)/t20?,21-,22?,27+,28-/m0/s1. The number of nitrogens with two attached hydrogens (primary N) is 1. The van der Waals surface area contributed by atoms with E-state index in [1.165, 1.54) is 17.0 Å². The molecule has 0 spiro atoms. The van der Waals surface area contributed by atoms with Crippen molar-refractivity contribution in [3.05, 3.63) is 41.8 Å². The fourth-order valence-electron chi connectivity index (χ4n) is 6.18. The highest BCUT2D eigenvalue weighted by atomic mass is 19.1. The number of carbonyl (C=O) groups is 3. The Bertz CT molecular complexity index is 1250. The molecule has 1 aliphatic heterocycles. The summed E-state index contributed by atoms with van der Waals surface area (Å²) >= 11 is 0. The van der Waals surface area contributed by atoms with Gasteiger partial charge in [-0.3, -0.25) is 19.3 Å². The first-order chi connectivity index (χ1) is 20.0. The molecule has 230 valence electrons. The summed E-state index contributed by atoms with van der Waals surface area (Å²) in [5.41, 5.74) is 6.07. The smallest absolute Gasteiger partial charge is 0.247 e. The summed E-state index contributed by atoms with van der Waals surface area (Å²) in [6.07, 6.45) is 6.67. The summed E-state index contributed by atoms with van der Waals surface area (Å²) in [5, 5.41) is 17.2. The molecule has 1 aromatic carbocycles. The lowest BCUT2D eigenvalue weighted by Gasteiger charge is -2.37. The number of rotatable bonds is 10. The highest BCUT2D eigenvalue weighted by molar-refractivity contribution is 6.00. The third-order valence-corrected chi connectivity index (χ3v) is 9.20. The van der Waals surface area contributed by atoms with E-state index in [1.54, 1.807) is 41.8 Å². The van der Waals surface area contributed by atoms with E-state index in [4.69, 9.17) is 5.73 Å². The van der Waals surface area contributed by atoms with Crippen LogP contribution in [0.1, 0.15) is 77.7 Å². The number of anilines is 2. The van der Waals surface area contributed by atoms with E-state index < -0.39 is 35.3 Å². The molecule has 1 saturated carbocycles. The number of piperidine rings is 1. The zero-order valence-electron chi connectivity index (χ0n) is 25.1. The zero-order chi connectivity index (χ0) is 30.6. The van der Waals surface area contributed by atoms with E-state index in [1.807, 2.05) is 6.92 Å². The second-order valence-corrected chi connectivity index (χ2v) is 12.3. The largest absolute Gasteiger partial charge is 0.390 e. The molecule has 2 fully saturated rings. The van der Waals surface area contributed by atoms with Crippen molar-refractivity contribution in [1.82, 2.24) is 14.7 Å². The molecule has 4 N–H and O–H groups in total. The molecular formula is C31H45FN6O4. The number of hydrogen-bond acceptors (Lipinski definition) is 6. The topological polar surface area (TPSA) is 134 Å². The van der Waals surface area contributed by atoms with Gasteiger partial charge in [0.05, 0.1) is 23.5 Å². The van der Waals surface area contributed by atoms with Crippen LogP contribution < -0.4 is 16.0 Å².